The summed E-state index contributed by atoms with van der Waals surface area (Å²) in [5.74, 6) is 0.131. The van der Waals surface area contributed by atoms with Crippen LogP contribution in [-0.4, -0.2) is 87.3 Å². The summed E-state index contributed by atoms with van der Waals surface area (Å²) in [6.45, 7) is 12.5. The van der Waals surface area contributed by atoms with Crippen LogP contribution in [0.2, 0.25) is 0 Å². The molecule has 9 heteroatoms. The zero-order valence-electron chi connectivity index (χ0n) is 13.3. The second kappa shape index (κ2) is 13.1. The third kappa shape index (κ3) is 8.71. The maximum Gasteiger partial charge on any atom is 0.302 e. The number of carbonyl (C=O) groups excluding carboxylic acids is 2. The summed E-state index contributed by atoms with van der Waals surface area (Å²) in [5.41, 5.74) is 3.64. The van der Waals surface area contributed by atoms with Gasteiger partial charge in [0, 0.05) is 26.2 Å². The summed E-state index contributed by atoms with van der Waals surface area (Å²) in [4.78, 5) is 28.8. The fourth-order valence-corrected chi connectivity index (χ4v) is 2.10. The highest BCUT2D eigenvalue weighted by atomic mass is 35.5. The molecule has 2 fully saturated rings. The van der Waals surface area contributed by atoms with E-state index in [-0.39, 0.29) is 30.8 Å². The number of quaternary nitrogens is 1. The van der Waals surface area contributed by atoms with Crippen molar-refractivity contribution >= 4 is 11.8 Å². The molecule has 0 aromatic carbocycles. The zero-order chi connectivity index (χ0) is 16.2. The molecule has 2 saturated heterocycles. The second-order valence-electron chi connectivity index (χ2n) is 4.91. The average molecular weight is 349 g/mol. The third-order valence-electron chi connectivity index (χ3n) is 3.33. The van der Waals surface area contributed by atoms with E-state index in [1.807, 2.05) is 4.90 Å². The normalized spacial score (nSPS) is 17.2. The topological polar surface area (TPSA) is 91.1 Å². The lowest BCUT2D eigenvalue weighted by molar-refractivity contribution is -0.366. The largest absolute Gasteiger partial charge is 1.00 e. The van der Waals surface area contributed by atoms with Crippen molar-refractivity contribution in [2.75, 3.05) is 65.7 Å². The van der Waals surface area contributed by atoms with Crippen molar-refractivity contribution in [1.29, 1.82) is 0 Å². The molecule has 0 aliphatic carbocycles. The minimum Gasteiger partial charge on any atom is -1.00 e. The lowest BCUT2D eigenvalue weighted by atomic mass is 10.3. The summed E-state index contributed by atoms with van der Waals surface area (Å²) in [6, 6.07) is 0. The number of hydrogen-bond donors (Lipinski definition) is 1. The Balaban J connectivity index is 0.000000403. The van der Waals surface area contributed by atoms with Crippen molar-refractivity contribution in [2.45, 2.75) is 6.42 Å². The van der Waals surface area contributed by atoms with Crippen molar-refractivity contribution in [2.24, 2.45) is 0 Å². The van der Waals surface area contributed by atoms with E-state index in [9.17, 15) is 9.59 Å². The Hall–Kier alpha value is -1.40. The van der Waals surface area contributed by atoms with Crippen molar-refractivity contribution < 1.29 is 37.2 Å². The van der Waals surface area contributed by atoms with E-state index in [1.165, 1.54) is 0 Å². The molecule has 0 bridgehead atoms. The van der Waals surface area contributed by atoms with E-state index in [2.05, 4.69) is 10.6 Å². The molecule has 0 atom stereocenters. The molecular weight excluding hydrogens is 324 g/mol. The fourth-order valence-electron chi connectivity index (χ4n) is 2.10. The molecule has 0 aromatic rings. The first kappa shape index (κ1) is 21.6. The number of amides is 2. The minimum absolute atomic E-state index is 0. The first-order valence-electron chi connectivity index (χ1n) is 7.52. The molecule has 0 radical (unpaired) electrons. The predicted molar refractivity (Wildman–Crippen MR) is 78.6 cm³/mol. The maximum absolute atomic E-state index is 11.2. The molecule has 0 aromatic heterocycles. The van der Waals surface area contributed by atoms with Crippen LogP contribution >= 0.6 is 0 Å². The van der Waals surface area contributed by atoms with Crippen molar-refractivity contribution in [3.63, 3.8) is 0 Å². The Morgan fingerprint density at radius 1 is 0.957 bits per heavy atom. The summed E-state index contributed by atoms with van der Waals surface area (Å²) in [7, 11) is 0. The molecule has 2 amide bonds. The van der Waals surface area contributed by atoms with E-state index in [1.54, 1.807) is 4.90 Å². The van der Waals surface area contributed by atoms with E-state index in [0.29, 0.717) is 52.5 Å². The van der Waals surface area contributed by atoms with Crippen LogP contribution in [0.1, 0.15) is 6.42 Å². The average Bonchev–Trinajstić information content (AvgIpc) is 2.57. The number of halogens is 1. The first-order chi connectivity index (χ1) is 10.7. The molecule has 3 N–H and O–H groups in total. The van der Waals surface area contributed by atoms with Gasteiger partial charge in [-0.3, -0.25) is 9.59 Å². The van der Waals surface area contributed by atoms with Gasteiger partial charge in [-0.2, -0.15) is 0 Å². The van der Waals surface area contributed by atoms with Crippen LogP contribution in [0.25, 0.3) is 4.85 Å². The standard InChI is InChI=1S/C7H10N2O2.C7H14N2O2.ClH/c1-8-6-7(10)9-2-4-11-5-3-9;8-2-1-7(10)9-3-5-11-6-4-9;/h2-6H2;1-6,8H2;1H. The molecule has 132 valence electrons. The van der Waals surface area contributed by atoms with Gasteiger partial charge in [0.25, 0.3) is 6.54 Å². The molecule has 0 saturated carbocycles. The van der Waals surface area contributed by atoms with Gasteiger partial charge in [-0.15, -0.1) is 0 Å². The number of ether oxygens (including phenoxy) is 2. The van der Waals surface area contributed by atoms with Gasteiger partial charge < -0.3 is 42.3 Å². The van der Waals surface area contributed by atoms with Gasteiger partial charge >= 0.3 is 5.91 Å². The lowest BCUT2D eigenvalue weighted by Gasteiger charge is -2.26. The molecule has 2 heterocycles. The Labute approximate surface area is 143 Å². The van der Waals surface area contributed by atoms with Gasteiger partial charge in [-0.25, -0.2) is 6.57 Å². The summed E-state index contributed by atoms with van der Waals surface area (Å²) >= 11 is 0. The van der Waals surface area contributed by atoms with Crippen LogP contribution in [0.15, 0.2) is 0 Å². The maximum atomic E-state index is 11.2. The number of nitrogens with zero attached hydrogens (tertiary/aromatic N) is 3. The van der Waals surface area contributed by atoms with E-state index in [0.717, 1.165) is 13.1 Å². The van der Waals surface area contributed by atoms with Gasteiger partial charge in [-0.1, -0.05) is 0 Å². The van der Waals surface area contributed by atoms with Gasteiger partial charge in [0.05, 0.1) is 39.4 Å². The Bertz CT molecular complexity index is 391. The molecule has 8 nitrogen and oxygen atoms in total. The second-order valence-corrected chi connectivity index (χ2v) is 4.91. The van der Waals surface area contributed by atoms with E-state index >= 15 is 0 Å². The third-order valence-corrected chi connectivity index (χ3v) is 3.33. The van der Waals surface area contributed by atoms with Crippen LogP contribution in [0.3, 0.4) is 0 Å². The van der Waals surface area contributed by atoms with Gasteiger partial charge in [0.2, 0.25) is 5.91 Å². The van der Waals surface area contributed by atoms with Crippen molar-refractivity contribution in [1.82, 2.24) is 9.80 Å². The molecule has 2 aliphatic rings. The van der Waals surface area contributed by atoms with Gasteiger partial charge in [0.1, 0.15) is 0 Å². The van der Waals surface area contributed by atoms with Gasteiger partial charge in [-0.05, 0) is 0 Å². The highest BCUT2D eigenvalue weighted by Gasteiger charge is 2.18. The Morgan fingerprint density at radius 3 is 1.78 bits per heavy atom. The molecule has 0 spiro atoms. The van der Waals surface area contributed by atoms with Gasteiger partial charge in [0.15, 0.2) is 0 Å². The molecule has 23 heavy (non-hydrogen) atoms. The predicted octanol–water partition coefficient (Wildman–Crippen LogP) is -4.75. The monoisotopic (exact) mass is 348 g/mol. The molecule has 2 aliphatic heterocycles. The van der Waals surface area contributed by atoms with Crippen LogP contribution in [0, 0.1) is 6.57 Å². The SMILES string of the molecule is [C-]#[N+]CC(=O)N1CCOCC1.[Cl-].[NH3+]CCC(=O)N1CCOCC1. The lowest BCUT2D eigenvalue weighted by Crippen LogP contribution is -3.00. The Morgan fingerprint density at radius 2 is 1.39 bits per heavy atom. The molecule has 2 rings (SSSR count). The number of morpholine rings is 2. The summed E-state index contributed by atoms with van der Waals surface area (Å²) in [5, 5.41) is 0. The fraction of sp³-hybridized carbons (Fsp3) is 0.786. The number of rotatable bonds is 3. The Kier molecular flexibility index (Phi) is 12.3. The smallest absolute Gasteiger partial charge is 0.302 e. The van der Waals surface area contributed by atoms with Crippen molar-refractivity contribution in [3.05, 3.63) is 11.4 Å². The van der Waals surface area contributed by atoms with Crippen LogP contribution in [0.4, 0.5) is 0 Å². The zero-order valence-corrected chi connectivity index (χ0v) is 14.1. The van der Waals surface area contributed by atoms with E-state index in [4.69, 9.17) is 16.0 Å². The van der Waals surface area contributed by atoms with Crippen LogP contribution < -0.4 is 18.1 Å². The highest BCUT2D eigenvalue weighted by Crippen LogP contribution is 1.98. The van der Waals surface area contributed by atoms with Crippen molar-refractivity contribution in [3.8, 4) is 0 Å². The molecule has 0 unspecified atom stereocenters. The van der Waals surface area contributed by atoms with E-state index < -0.39 is 0 Å². The number of hydrogen-bond acceptors (Lipinski definition) is 4. The summed E-state index contributed by atoms with van der Waals surface area (Å²) in [6.07, 6.45) is 0.569. The quantitative estimate of drug-likeness (QED) is 0.519. The molecular formula is C14H25ClN4O4. The highest BCUT2D eigenvalue weighted by molar-refractivity contribution is 5.79. The minimum atomic E-state index is -0.0803. The number of carbonyl (C=O) groups is 2. The van der Waals surface area contributed by atoms with Crippen LogP contribution in [-0.2, 0) is 19.1 Å². The first-order valence-corrected chi connectivity index (χ1v) is 7.52. The van der Waals surface area contributed by atoms with Crippen LogP contribution in [0.5, 0.6) is 0 Å². The summed E-state index contributed by atoms with van der Waals surface area (Å²) < 4.78 is 10.2.